The summed E-state index contributed by atoms with van der Waals surface area (Å²) in [6.45, 7) is 5.85. The Morgan fingerprint density at radius 1 is 1.35 bits per heavy atom. The third-order valence-corrected chi connectivity index (χ3v) is 3.92. The molecule has 1 atom stereocenters. The van der Waals surface area contributed by atoms with Gasteiger partial charge in [-0.25, -0.2) is 13.2 Å². The Labute approximate surface area is 133 Å². The van der Waals surface area contributed by atoms with E-state index in [1.807, 2.05) is 0 Å². The fourth-order valence-electron chi connectivity index (χ4n) is 2.55. The van der Waals surface area contributed by atoms with Gasteiger partial charge in [-0.05, 0) is 19.0 Å². The Morgan fingerprint density at radius 3 is 2.87 bits per heavy atom. The minimum absolute atomic E-state index is 0.0593. The summed E-state index contributed by atoms with van der Waals surface area (Å²) in [5.74, 6) is -4.56. The summed E-state index contributed by atoms with van der Waals surface area (Å²) >= 11 is 0. The largest absolute Gasteiger partial charge is 0.375 e. The summed E-state index contributed by atoms with van der Waals surface area (Å²) in [4.78, 5) is 14.0. The first-order valence-corrected chi connectivity index (χ1v) is 7.74. The first-order valence-electron chi connectivity index (χ1n) is 7.74. The number of carbonyl (C=O) groups excluding carboxylic acids is 1. The van der Waals surface area contributed by atoms with Gasteiger partial charge >= 0.3 is 0 Å². The second-order valence-electron chi connectivity index (χ2n) is 5.54. The Hall–Kier alpha value is -1.60. The molecule has 1 amide bonds. The summed E-state index contributed by atoms with van der Waals surface area (Å²) in [5, 5.41) is 2.65. The molecule has 1 N–H and O–H groups in total. The summed E-state index contributed by atoms with van der Waals surface area (Å²) in [7, 11) is 0. The molecule has 1 heterocycles. The van der Waals surface area contributed by atoms with Crippen molar-refractivity contribution in [2.24, 2.45) is 0 Å². The third-order valence-electron chi connectivity index (χ3n) is 3.92. The first kappa shape index (κ1) is 17.7. The van der Waals surface area contributed by atoms with Crippen molar-refractivity contribution in [3.05, 3.63) is 35.1 Å². The summed E-state index contributed by atoms with van der Waals surface area (Å²) in [6, 6.07) is 1.90. The fraction of sp³-hybridized carbons (Fsp3) is 0.562. The highest BCUT2D eigenvalue weighted by Crippen LogP contribution is 2.15. The molecule has 1 unspecified atom stereocenters. The number of nitrogens with one attached hydrogen (secondary N) is 1. The number of likely N-dealkylation sites (N-methyl/N-ethyl adjacent to an activating group) is 1. The summed E-state index contributed by atoms with van der Waals surface area (Å²) in [5.41, 5.74) is -0.160. The molecular formula is C16H21F3N2O2. The molecule has 1 aromatic carbocycles. The number of nitrogens with zero attached hydrogens (tertiary/aromatic N) is 1. The SMILES string of the molecule is CCN1CCOC(CCNC(=O)Cc2ccc(F)c(F)c2F)C1. The van der Waals surface area contributed by atoms with Crippen LogP contribution in [0.5, 0.6) is 0 Å². The highest BCUT2D eigenvalue weighted by molar-refractivity contribution is 5.78. The van der Waals surface area contributed by atoms with Crippen molar-refractivity contribution in [1.82, 2.24) is 10.2 Å². The van der Waals surface area contributed by atoms with Crippen LogP contribution in [-0.2, 0) is 16.0 Å². The van der Waals surface area contributed by atoms with Crippen molar-refractivity contribution in [1.29, 1.82) is 0 Å². The summed E-state index contributed by atoms with van der Waals surface area (Å²) in [6.07, 6.45) is 0.391. The summed E-state index contributed by atoms with van der Waals surface area (Å²) < 4.78 is 45.0. The minimum Gasteiger partial charge on any atom is -0.375 e. The Balaban J connectivity index is 1.76. The van der Waals surface area contributed by atoms with E-state index >= 15 is 0 Å². The van der Waals surface area contributed by atoms with Gasteiger partial charge in [0.05, 0.1) is 19.1 Å². The number of benzene rings is 1. The van der Waals surface area contributed by atoms with Crippen LogP contribution in [0.4, 0.5) is 13.2 Å². The minimum atomic E-state index is -1.55. The van der Waals surface area contributed by atoms with Crippen LogP contribution in [0.2, 0.25) is 0 Å². The maximum Gasteiger partial charge on any atom is 0.224 e. The van der Waals surface area contributed by atoms with E-state index in [2.05, 4.69) is 17.1 Å². The van der Waals surface area contributed by atoms with Gasteiger partial charge in [0, 0.05) is 25.2 Å². The predicted octanol–water partition coefficient (Wildman–Crippen LogP) is 1.87. The number of carbonyl (C=O) groups is 1. The average Bonchev–Trinajstić information content (AvgIpc) is 2.55. The van der Waals surface area contributed by atoms with Crippen molar-refractivity contribution < 1.29 is 22.7 Å². The molecule has 1 aliphatic heterocycles. The monoisotopic (exact) mass is 330 g/mol. The average molecular weight is 330 g/mol. The van der Waals surface area contributed by atoms with Crippen LogP contribution in [0.15, 0.2) is 12.1 Å². The van der Waals surface area contributed by atoms with Crippen LogP contribution in [0.1, 0.15) is 18.9 Å². The van der Waals surface area contributed by atoms with Gasteiger partial charge in [-0.3, -0.25) is 9.69 Å². The number of rotatable bonds is 6. The van der Waals surface area contributed by atoms with Gasteiger partial charge in [-0.2, -0.15) is 0 Å². The van der Waals surface area contributed by atoms with E-state index in [0.717, 1.165) is 31.8 Å². The number of ether oxygens (including phenoxy) is 1. The lowest BCUT2D eigenvalue weighted by Crippen LogP contribution is -2.43. The van der Waals surface area contributed by atoms with Gasteiger partial charge in [0.25, 0.3) is 0 Å². The normalized spacial score (nSPS) is 18.9. The molecule has 128 valence electrons. The lowest BCUT2D eigenvalue weighted by atomic mass is 10.1. The van der Waals surface area contributed by atoms with Crippen LogP contribution in [0.25, 0.3) is 0 Å². The van der Waals surface area contributed by atoms with Gasteiger partial charge in [0.2, 0.25) is 5.91 Å². The van der Waals surface area contributed by atoms with Crippen molar-refractivity contribution in [3.63, 3.8) is 0 Å². The van der Waals surface area contributed by atoms with E-state index < -0.39 is 23.4 Å². The van der Waals surface area contributed by atoms with Gasteiger partial charge < -0.3 is 10.1 Å². The second kappa shape index (κ2) is 8.31. The van der Waals surface area contributed by atoms with Crippen molar-refractivity contribution in [2.75, 3.05) is 32.8 Å². The second-order valence-corrected chi connectivity index (χ2v) is 5.54. The van der Waals surface area contributed by atoms with Gasteiger partial charge in [-0.15, -0.1) is 0 Å². The molecule has 1 saturated heterocycles. The molecule has 23 heavy (non-hydrogen) atoms. The molecule has 0 saturated carbocycles. The number of hydrogen-bond donors (Lipinski definition) is 1. The van der Waals surface area contributed by atoms with Crippen LogP contribution in [0.3, 0.4) is 0 Å². The quantitative estimate of drug-likeness (QED) is 0.810. The van der Waals surface area contributed by atoms with Crippen molar-refractivity contribution in [2.45, 2.75) is 25.9 Å². The fourth-order valence-corrected chi connectivity index (χ4v) is 2.55. The molecule has 1 fully saturated rings. The molecule has 2 rings (SSSR count). The predicted molar refractivity (Wildman–Crippen MR) is 79.5 cm³/mol. The standard InChI is InChI=1S/C16H21F3N2O2/c1-2-21-7-8-23-12(10-21)5-6-20-14(22)9-11-3-4-13(17)16(19)15(11)18/h3-4,12H,2,5-10H2,1H3,(H,20,22). The molecule has 0 aliphatic carbocycles. The van der Waals surface area contributed by atoms with E-state index in [1.165, 1.54) is 0 Å². The van der Waals surface area contributed by atoms with Gasteiger partial charge in [-0.1, -0.05) is 13.0 Å². The van der Waals surface area contributed by atoms with Crippen molar-refractivity contribution >= 4 is 5.91 Å². The van der Waals surface area contributed by atoms with E-state index in [-0.39, 0.29) is 18.1 Å². The molecule has 4 nitrogen and oxygen atoms in total. The number of hydrogen-bond acceptors (Lipinski definition) is 3. The molecule has 7 heteroatoms. The molecule has 1 aliphatic rings. The molecule has 1 aromatic rings. The van der Waals surface area contributed by atoms with Gasteiger partial charge in [0.15, 0.2) is 17.5 Å². The van der Waals surface area contributed by atoms with Crippen LogP contribution < -0.4 is 5.32 Å². The lowest BCUT2D eigenvalue weighted by Gasteiger charge is -2.32. The van der Waals surface area contributed by atoms with Crippen LogP contribution in [-0.4, -0.2) is 49.7 Å². The topological polar surface area (TPSA) is 41.6 Å². The van der Waals surface area contributed by atoms with E-state index in [0.29, 0.717) is 19.6 Å². The number of amides is 1. The van der Waals surface area contributed by atoms with Gasteiger partial charge in [0.1, 0.15) is 0 Å². The Morgan fingerprint density at radius 2 is 2.13 bits per heavy atom. The zero-order chi connectivity index (χ0) is 16.8. The zero-order valence-corrected chi connectivity index (χ0v) is 13.1. The molecule has 0 bridgehead atoms. The smallest absolute Gasteiger partial charge is 0.224 e. The lowest BCUT2D eigenvalue weighted by molar-refractivity contribution is -0.120. The molecule has 0 spiro atoms. The Bertz CT molecular complexity index is 554. The first-order chi connectivity index (χ1) is 11.0. The van der Waals surface area contributed by atoms with E-state index in [1.54, 1.807) is 0 Å². The maximum absolute atomic E-state index is 13.5. The van der Waals surface area contributed by atoms with Crippen molar-refractivity contribution in [3.8, 4) is 0 Å². The number of morpholine rings is 1. The highest BCUT2D eigenvalue weighted by atomic mass is 19.2. The zero-order valence-electron chi connectivity index (χ0n) is 13.1. The molecule has 0 aromatic heterocycles. The molecular weight excluding hydrogens is 309 g/mol. The molecule has 0 radical (unpaired) electrons. The van der Waals surface area contributed by atoms with E-state index in [9.17, 15) is 18.0 Å². The Kier molecular flexibility index (Phi) is 6.41. The highest BCUT2D eigenvalue weighted by Gasteiger charge is 2.19. The van der Waals surface area contributed by atoms with Crippen LogP contribution >= 0.6 is 0 Å². The van der Waals surface area contributed by atoms with Crippen LogP contribution in [0, 0.1) is 17.5 Å². The number of halogens is 3. The maximum atomic E-state index is 13.5. The van der Waals surface area contributed by atoms with E-state index in [4.69, 9.17) is 4.74 Å². The third kappa shape index (κ3) is 4.94.